The number of hydrogen-bond donors (Lipinski definition) is 2. The maximum absolute atomic E-state index is 11.4. The molecular weight excluding hydrogens is 528 g/mol. The van der Waals surface area contributed by atoms with Crippen LogP contribution in [-0.4, -0.2) is 29.2 Å². The molecule has 0 spiro atoms. The zero-order valence-corrected chi connectivity index (χ0v) is 28.8. The van der Waals surface area contributed by atoms with Gasteiger partial charge in [0.2, 0.25) is 0 Å². The van der Waals surface area contributed by atoms with Crippen molar-refractivity contribution in [3.05, 3.63) is 93.5 Å². The Kier molecular flexibility index (Phi) is 9.47. The van der Waals surface area contributed by atoms with Crippen molar-refractivity contribution in [2.45, 2.75) is 117 Å². The lowest BCUT2D eigenvalue weighted by Crippen LogP contribution is -2.24. The number of benzene rings is 3. The predicted molar refractivity (Wildman–Crippen MR) is 185 cm³/mol. The molecule has 3 rings (SSSR count). The van der Waals surface area contributed by atoms with Gasteiger partial charge in [0.25, 0.3) is 0 Å². The van der Waals surface area contributed by atoms with E-state index in [0.717, 1.165) is 27.8 Å². The molecule has 0 aromatic heterocycles. The van der Waals surface area contributed by atoms with Crippen LogP contribution in [0.15, 0.2) is 64.6 Å². The molecule has 3 aromatic rings. The van der Waals surface area contributed by atoms with E-state index in [1.165, 1.54) is 0 Å². The van der Waals surface area contributed by atoms with Crippen molar-refractivity contribution in [2.75, 3.05) is 6.54 Å². The number of nitrogens with zero attached hydrogens (tertiary/aromatic N) is 2. The zero-order valence-electron chi connectivity index (χ0n) is 28.8. The highest BCUT2D eigenvalue weighted by Crippen LogP contribution is 2.39. The van der Waals surface area contributed by atoms with Crippen molar-refractivity contribution in [1.29, 1.82) is 0 Å². The molecule has 0 aliphatic carbocycles. The molecule has 232 valence electrons. The average molecular weight is 583 g/mol. The summed E-state index contributed by atoms with van der Waals surface area (Å²) in [6.07, 6.45) is 3.59. The maximum Gasteiger partial charge on any atom is 0.128 e. The number of aromatic hydroxyl groups is 2. The summed E-state index contributed by atoms with van der Waals surface area (Å²) >= 11 is 0. The van der Waals surface area contributed by atoms with Gasteiger partial charge >= 0.3 is 0 Å². The van der Waals surface area contributed by atoms with Gasteiger partial charge in [-0.1, -0.05) is 126 Å². The van der Waals surface area contributed by atoms with Crippen LogP contribution in [0.5, 0.6) is 11.5 Å². The first kappa shape index (κ1) is 34.1. The second-order valence-corrected chi connectivity index (χ2v) is 16.3. The van der Waals surface area contributed by atoms with Crippen LogP contribution in [0.1, 0.15) is 129 Å². The highest BCUT2D eigenvalue weighted by molar-refractivity contribution is 5.86. The molecular formula is C39H54N2O2. The fourth-order valence-corrected chi connectivity index (χ4v) is 5.06. The van der Waals surface area contributed by atoms with Gasteiger partial charge in [-0.2, -0.15) is 0 Å². The molecule has 0 saturated carbocycles. The number of hydrogen-bond acceptors (Lipinski definition) is 4. The monoisotopic (exact) mass is 582 g/mol. The molecule has 0 amide bonds. The predicted octanol–water partition coefficient (Wildman–Crippen LogP) is 9.74. The summed E-state index contributed by atoms with van der Waals surface area (Å²) < 4.78 is 0. The van der Waals surface area contributed by atoms with Crippen molar-refractivity contribution >= 4 is 12.4 Å². The Hall–Kier alpha value is -3.40. The lowest BCUT2D eigenvalue weighted by Gasteiger charge is -2.28. The molecule has 0 unspecified atom stereocenters. The molecule has 0 aliphatic rings. The fraction of sp³-hybridized carbons (Fsp3) is 0.487. The quantitative estimate of drug-likeness (QED) is 0.284. The van der Waals surface area contributed by atoms with Crippen molar-refractivity contribution < 1.29 is 10.2 Å². The van der Waals surface area contributed by atoms with Gasteiger partial charge < -0.3 is 10.2 Å². The molecule has 0 aliphatic heterocycles. The van der Waals surface area contributed by atoms with E-state index in [1.54, 1.807) is 12.4 Å². The molecule has 2 N–H and O–H groups in total. The molecule has 0 bridgehead atoms. The first-order chi connectivity index (χ1) is 19.5. The maximum atomic E-state index is 11.4. The molecule has 4 nitrogen and oxygen atoms in total. The topological polar surface area (TPSA) is 65.2 Å². The summed E-state index contributed by atoms with van der Waals surface area (Å²) in [5, 5.41) is 22.7. The Morgan fingerprint density at radius 3 is 1.35 bits per heavy atom. The molecule has 0 saturated heterocycles. The van der Waals surface area contributed by atoms with E-state index >= 15 is 0 Å². The Bertz CT molecular complexity index is 1490. The van der Waals surface area contributed by atoms with Crippen LogP contribution in [0.3, 0.4) is 0 Å². The highest BCUT2D eigenvalue weighted by atomic mass is 16.3. The SMILES string of the molecule is CC(C)(C)c1cc(C=NC[C@@](C)(N=Cc2cc(C(C)(C)C)cc(C(C)(C)C)c2O)c2ccccc2)c(O)c(C(C)(C)C)c1. The van der Waals surface area contributed by atoms with Crippen LogP contribution in [-0.2, 0) is 27.2 Å². The van der Waals surface area contributed by atoms with Gasteiger partial charge in [0.05, 0.1) is 6.54 Å². The fourth-order valence-electron chi connectivity index (χ4n) is 5.06. The van der Waals surface area contributed by atoms with Crippen molar-refractivity contribution in [2.24, 2.45) is 9.98 Å². The van der Waals surface area contributed by atoms with E-state index in [2.05, 4.69) is 114 Å². The largest absolute Gasteiger partial charge is 0.507 e. The molecule has 1 atom stereocenters. The summed E-state index contributed by atoms with van der Waals surface area (Å²) in [4.78, 5) is 9.99. The van der Waals surface area contributed by atoms with Gasteiger partial charge in [-0.15, -0.1) is 0 Å². The molecule has 0 fully saturated rings. The van der Waals surface area contributed by atoms with Crippen LogP contribution in [0.4, 0.5) is 0 Å². The van der Waals surface area contributed by atoms with Crippen LogP contribution >= 0.6 is 0 Å². The summed E-state index contributed by atoms with van der Waals surface area (Å²) in [5.74, 6) is 0.537. The van der Waals surface area contributed by atoms with E-state index < -0.39 is 5.54 Å². The van der Waals surface area contributed by atoms with E-state index in [9.17, 15) is 10.2 Å². The number of phenols is 2. The van der Waals surface area contributed by atoms with Crippen LogP contribution in [0.2, 0.25) is 0 Å². The molecule has 0 radical (unpaired) electrons. The third-order valence-corrected chi connectivity index (χ3v) is 8.14. The first-order valence-corrected chi connectivity index (χ1v) is 15.4. The molecule has 3 aromatic carbocycles. The smallest absolute Gasteiger partial charge is 0.128 e. The van der Waals surface area contributed by atoms with E-state index in [0.29, 0.717) is 17.7 Å². The van der Waals surface area contributed by atoms with Crippen molar-refractivity contribution in [1.82, 2.24) is 0 Å². The Balaban J connectivity index is 2.12. The summed E-state index contributed by atoms with van der Waals surface area (Å²) in [6, 6.07) is 18.5. The van der Waals surface area contributed by atoms with Gasteiger partial charge in [-0.05, 0) is 57.4 Å². The second-order valence-electron chi connectivity index (χ2n) is 16.3. The third-order valence-electron chi connectivity index (χ3n) is 8.14. The van der Waals surface area contributed by atoms with Crippen molar-refractivity contribution in [3.8, 4) is 11.5 Å². The van der Waals surface area contributed by atoms with Crippen LogP contribution in [0, 0.1) is 0 Å². The van der Waals surface area contributed by atoms with E-state index in [-0.39, 0.29) is 33.2 Å². The normalized spacial score (nSPS) is 14.9. The Morgan fingerprint density at radius 1 is 0.535 bits per heavy atom. The molecule has 4 heteroatoms. The van der Waals surface area contributed by atoms with Gasteiger partial charge in [-0.3, -0.25) is 9.98 Å². The third kappa shape index (κ3) is 8.16. The summed E-state index contributed by atoms with van der Waals surface area (Å²) in [7, 11) is 0. The van der Waals surface area contributed by atoms with Gasteiger partial charge in [0.1, 0.15) is 17.0 Å². The van der Waals surface area contributed by atoms with Gasteiger partial charge in [0.15, 0.2) is 0 Å². The average Bonchev–Trinajstić information content (AvgIpc) is 2.86. The number of aliphatic imine (C=N–C) groups is 2. The Morgan fingerprint density at radius 2 is 0.953 bits per heavy atom. The molecule has 43 heavy (non-hydrogen) atoms. The lowest BCUT2D eigenvalue weighted by molar-refractivity contribution is 0.442. The van der Waals surface area contributed by atoms with Crippen molar-refractivity contribution in [3.63, 3.8) is 0 Å². The minimum Gasteiger partial charge on any atom is -0.507 e. The van der Waals surface area contributed by atoms with Gasteiger partial charge in [0, 0.05) is 34.7 Å². The lowest BCUT2D eigenvalue weighted by atomic mass is 9.79. The summed E-state index contributed by atoms with van der Waals surface area (Å²) in [6.45, 7) is 28.2. The second kappa shape index (κ2) is 11.9. The van der Waals surface area contributed by atoms with Crippen LogP contribution < -0.4 is 0 Å². The Labute approximate surface area is 261 Å². The minimum atomic E-state index is -0.700. The first-order valence-electron chi connectivity index (χ1n) is 15.4. The highest BCUT2D eigenvalue weighted by Gasteiger charge is 2.28. The number of rotatable bonds is 6. The summed E-state index contributed by atoms with van der Waals surface area (Å²) in [5.41, 5.74) is 5.26. The zero-order chi connectivity index (χ0) is 32.6. The van der Waals surface area contributed by atoms with E-state index in [4.69, 9.17) is 9.98 Å². The van der Waals surface area contributed by atoms with E-state index in [1.807, 2.05) is 30.3 Å². The number of phenolic OH excluding ortho intramolecular Hbond substituents is 2. The standard InChI is InChI=1S/C39H54N2O2/c1-35(2,3)29-19-26(33(42)31(21-29)37(7,8)9)23-40-25-39(13,28-17-15-14-16-18-28)41-24-27-20-30(36(4,5)6)22-32(34(27)43)38(10,11)12/h14-24,42-43H,25H2,1-13H3/t39-/m1/s1. The minimum absolute atomic E-state index is 0.0748. The van der Waals surface area contributed by atoms with Gasteiger partial charge in [-0.25, -0.2) is 0 Å². The van der Waals surface area contributed by atoms with Crippen LogP contribution in [0.25, 0.3) is 0 Å². The molecule has 0 heterocycles.